The van der Waals surface area contributed by atoms with Gasteiger partial charge in [0.25, 0.3) is 0 Å². The van der Waals surface area contributed by atoms with Gasteiger partial charge < -0.3 is 9.32 Å². The first-order valence-corrected chi connectivity index (χ1v) is 19.0. The zero-order chi connectivity index (χ0) is 37.0. The molecule has 0 aliphatic heterocycles. The Morgan fingerprint density at radius 3 is 1.82 bits per heavy atom. The van der Waals surface area contributed by atoms with E-state index in [4.69, 9.17) is 4.42 Å². The lowest BCUT2D eigenvalue weighted by molar-refractivity contribution is 0.670. The van der Waals surface area contributed by atoms with Crippen LogP contribution in [0, 0.1) is 0 Å². The van der Waals surface area contributed by atoms with Crippen LogP contribution in [0.3, 0.4) is 0 Å². The van der Waals surface area contributed by atoms with Crippen molar-refractivity contribution in [2.75, 3.05) is 4.90 Å². The summed E-state index contributed by atoms with van der Waals surface area (Å²) in [6.07, 6.45) is 3.64. The molecule has 9 aromatic carbocycles. The minimum Gasteiger partial charge on any atom is -0.454 e. The first kappa shape index (κ1) is 32.0. The normalized spacial score (nSPS) is 11.6. The van der Waals surface area contributed by atoms with Gasteiger partial charge in [0, 0.05) is 33.7 Å². The monoisotopic (exact) mass is 714 g/mol. The van der Waals surface area contributed by atoms with Gasteiger partial charge in [0.15, 0.2) is 5.58 Å². The molecule has 0 bridgehead atoms. The molecule has 0 amide bonds. The van der Waals surface area contributed by atoms with Gasteiger partial charge in [-0.1, -0.05) is 152 Å². The molecular formula is C53H34N2O. The minimum absolute atomic E-state index is 0.782. The Labute approximate surface area is 324 Å². The molecular weight excluding hydrogens is 681 g/mol. The van der Waals surface area contributed by atoms with Crippen LogP contribution in [0.4, 0.5) is 17.1 Å². The van der Waals surface area contributed by atoms with Gasteiger partial charge in [-0.2, -0.15) is 0 Å². The van der Waals surface area contributed by atoms with Crippen LogP contribution in [0.15, 0.2) is 211 Å². The highest BCUT2D eigenvalue weighted by Crippen LogP contribution is 2.45. The van der Waals surface area contributed by atoms with Gasteiger partial charge in [0.05, 0.1) is 11.9 Å². The van der Waals surface area contributed by atoms with Gasteiger partial charge >= 0.3 is 0 Å². The van der Waals surface area contributed by atoms with Gasteiger partial charge in [0.2, 0.25) is 0 Å². The second kappa shape index (κ2) is 13.1. The van der Waals surface area contributed by atoms with Crippen molar-refractivity contribution in [3.8, 4) is 33.4 Å². The van der Waals surface area contributed by atoms with Crippen LogP contribution in [0.25, 0.3) is 87.6 Å². The molecule has 3 nitrogen and oxygen atoms in total. The van der Waals surface area contributed by atoms with E-state index in [2.05, 4.69) is 198 Å². The molecule has 0 spiro atoms. The summed E-state index contributed by atoms with van der Waals surface area (Å²) >= 11 is 0. The Morgan fingerprint density at radius 2 is 1.02 bits per heavy atom. The Morgan fingerprint density at radius 1 is 0.393 bits per heavy atom. The summed E-state index contributed by atoms with van der Waals surface area (Å²) in [6.45, 7) is 0. The molecule has 0 saturated heterocycles. The number of rotatable bonds is 6. The van der Waals surface area contributed by atoms with E-state index in [0.717, 1.165) is 49.8 Å². The Kier molecular flexibility index (Phi) is 7.49. The zero-order valence-corrected chi connectivity index (χ0v) is 30.4. The second-order valence-corrected chi connectivity index (χ2v) is 14.3. The molecule has 0 fully saturated rings. The van der Waals surface area contributed by atoms with Crippen molar-refractivity contribution in [1.29, 1.82) is 0 Å². The number of furan rings is 1. The predicted octanol–water partition coefficient (Wildman–Crippen LogP) is 14.9. The first-order valence-electron chi connectivity index (χ1n) is 19.0. The number of hydrogen-bond donors (Lipinski definition) is 0. The number of nitrogens with zero attached hydrogens (tertiary/aromatic N) is 2. The molecule has 0 radical (unpaired) electrons. The predicted molar refractivity (Wildman–Crippen MR) is 235 cm³/mol. The van der Waals surface area contributed by atoms with Crippen molar-refractivity contribution in [1.82, 2.24) is 4.98 Å². The topological polar surface area (TPSA) is 29.3 Å². The maximum atomic E-state index is 6.63. The summed E-state index contributed by atoms with van der Waals surface area (Å²) in [5.41, 5.74) is 12.0. The highest BCUT2D eigenvalue weighted by molar-refractivity contribution is 6.19. The fraction of sp³-hybridized carbons (Fsp3) is 0. The Hall–Kier alpha value is -7.49. The van der Waals surface area contributed by atoms with Gasteiger partial charge in [0.1, 0.15) is 5.58 Å². The average molecular weight is 715 g/mol. The van der Waals surface area contributed by atoms with Gasteiger partial charge in [-0.15, -0.1) is 0 Å². The van der Waals surface area contributed by atoms with Gasteiger partial charge in [-0.25, -0.2) is 0 Å². The molecule has 3 heteroatoms. The molecule has 0 saturated carbocycles. The van der Waals surface area contributed by atoms with Crippen LogP contribution >= 0.6 is 0 Å². The summed E-state index contributed by atoms with van der Waals surface area (Å²) in [4.78, 5) is 6.73. The lowest BCUT2D eigenvalue weighted by Gasteiger charge is -2.27. The fourth-order valence-corrected chi connectivity index (χ4v) is 8.54. The van der Waals surface area contributed by atoms with E-state index in [9.17, 15) is 0 Å². The van der Waals surface area contributed by atoms with Gasteiger partial charge in [-0.3, -0.25) is 4.98 Å². The average Bonchev–Trinajstić information content (AvgIpc) is 3.66. The van der Waals surface area contributed by atoms with E-state index >= 15 is 0 Å². The number of benzene rings is 9. The Bertz CT molecular complexity index is 3230. The zero-order valence-electron chi connectivity index (χ0n) is 30.4. The maximum Gasteiger partial charge on any atom is 0.153 e. The van der Waals surface area contributed by atoms with Crippen molar-refractivity contribution in [3.63, 3.8) is 0 Å². The lowest BCUT2D eigenvalue weighted by atomic mass is 9.89. The molecule has 2 heterocycles. The number of hydrogen-bond acceptors (Lipinski definition) is 3. The summed E-state index contributed by atoms with van der Waals surface area (Å²) in [5.74, 6) is 0. The minimum atomic E-state index is 0.782. The molecule has 262 valence electrons. The summed E-state index contributed by atoms with van der Waals surface area (Å²) in [5, 5.41) is 9.24. The summed E-state index contributed by atoms with van der Waals surface area (Å²) in [7, 11) is 0. The number of anilines is 3. The van der Waals surface area contributed by atoms with Crippen molar-refractivity contribution in [2.24, 2.45) is 0 Å². The maximum absolute atomic E-state index is 6.63. The highest BCUT2D eigenvalue weighted by atomic mass is 16.3. The van der Waals surface area contributed by atoms with E-state index in [1.807, 2.05) is 18.5 Å². The fourth-order valence-electron chi connectivity index (χ4n) is 8.54. The van der Waals surface area contributed by atoms with Gasteiger partial charge in [-0.05, 0) is 103 Å². The molecule has 11 aromatic rings. The van der Waals surface area contributed by atoms with E-state index in [1.165, 1.54) is 54.9 Å². The molecule has 2 aromatic heterocycles. The van der Waals surface area contributed by atoms with Crippen LogP contribution in [-0.4, -0.2) is 4.98 Å². The quantitative estimate of drug-likeness (QED) is 0.172. The molecule has 0 unspecified atom stereocenters. The van der Waals surface area contributed by atoms with E-state index in [-0.39, 0.29) is 0 Å². The van der Waals surface area contributed by atoms with Crippen LogP contribution in [-0.2, 0) is 0 Å². The smallest absolute Gasteiger partial charge is 0.153 e. The first-order chi connectivity index (χ1) is 27.8. The van der Waals surface area contributed by atoms with E-state index in [1.54, 1.807) is 0 Å². The van der Waals surface area contributed by atoms with Crippen LogP contribution in [0.1, 0.15) is 0 Å². The second-order valence-electron chi connectivity index (χ2n) is 14.3. The van der Waals surface area contributed by atoms with Crippen LogP contribution in [0.5, 0.6) is 0 Å². The standard InChI is InChI=1S/C53H34N2O/c1-2-10-36(11-3-1)46-30-24-37-13-5-7-17-45(37)51(46)40-22-28-42(29-23-40)55(41-26-20-38(21-27-41)44-18-8-14-35-12-4-6-16-43(35)44)49-19-9-15-39-25-31-48-47-32-33-54-34-50(47)56-53(48)52(39)49/h1-34H. The molecule has 56 heavy (non-hydrogen) atoms. The van der Waals surface area contributed by atoms with E-state index in [0.29, 0.717) is 0 Å². The third-order valence-corrected chi connectivity index (χ3v) is 11.2. The summed E-state index contributed by atoms with van der Waals surface area (Å²) < 4.78 is 6.63. The van der Waals surface area contributed by atoms with Crippen molar-refractivity contribution in [3.05, 3.63) is 207 Å². The number of aromatic nitrogens is 1. The Balaban J connectivity index is 1.11. The third kappa shape index (κ3) is 5.25. The van der Waals surface area contributed by atoms with Crippen LogP contribution < -0.4 is 4.90 Å². The molecule has 0 atom stereocenters. The molecule has 0 N–H and O–H groups in total. The SMILES string of the molecule is c1ccc(-c2ccc3ccccc3c2-c2ccc(N(c3ccc(-c4cccc5ccccc45)cc3)c3cccc4ccc5c6ccncc6oc5c34)cc2)cc1. The highest BCUT2D eigenvalue weighted by Gasteiger charge is 2.21. The van der Waals surface area contributed by atoms with Crippen molar-refractivity contribution >= 4 is 71.3 Å². The van der Waals surface area contributed by atoms with E-state index < -0.39 is 0 Å². The number of pyridine rings is 1. The van der Waals surface area contributed by atoms with Crippen molar-refractivity contribution in [2.45, 2.75) is 0 Å². The summed E-state index contributed by atoms with van der Waals surface area (Å²) in [6, 6.07) is 69.9. The number of fused-ring (bicyclic) bond motifs is 7. The molecule has 0 aliphatic rings. The molecule has 11 rings (SSSR count). The molecule has 0 aliphatic carbocycles. The third-order valence-electron chi connectivity index (χ3n) is 11.2. The van der Waals surface area contributed by atoms with Crippen LogP contribution in [0.2, 0.25) is 0 Å². The van der Waals surface area contributed by atoms with Crippen molar-refractivity contribution < 1.29 is 4.42 Å². The lowest BCUT2D eigenvalue weighted by Crippen LogP contribution is -2.10. The largest absolute Gasteiger partial charge is 0.454 e.